The Labute approximate surface area is 143 Å². The van der Waals surface area contributed by atoms with Crippen molar-refractivity contribution in [2.45, 2.75) is 53.1 Å². The van der Waals surface area contributed by atoms with E-state index < -0.39 is 11.5 Å². The maximum absolute atomic E-state index is 12.1. The fourth-order valence-corrected chi connectivity index (χ4v) is 3.20. The lowest BCUT2D eigenvalue weighted by atomic mass is 9.81. The minimum absolute atomic E-state index is 0.122. The molecule has 5 nitrogen and oxygen atoms in total. The number of fused-ring (bicyclic) bond motifs is 1. The second-order valence-electron chi connectivity index (χ2n) is 7.63. The van der Waals surface area contributed by atoms with E-state index in [1.807, 2.05) is 39.8 Å². The molecule has 3 N–H and O–H groups in total. The van der Waals surface area contributed by atoms with E-state index in [-0.39, 0.29) is 17.7 Å². The lowest BCUT2D eigenvalue weighted by molar-refractivity contribution is 0.0154. The van der Waals surface area contributed by atoms with Gasteiger partial charge in [-0.1, -0.05) is 33.8 Å². The molecule has 0 saturated carbocycles. The number of ketones is 1. The van der Waals surface area contributed by atoms with Gasteiger partial charge in [0.2, 0.25) is 0 Å². The number of hydrogen-bond acceptors (Lipinski definition) is 3. The highest BCUT2D eigenvalue weighted by molar-refractivity contribution is 6.00. The average Bonchev–Trinajstić information content (AvgIpc) is 2.53. The minimum atomic E-state index is -0.501. The van der Waals surface area contributed by atoms with Crippen LogP contribution in [0.15, 0.2) is 18.2 Å². The Morgan fingerprint density at radius 1 is 1.29 bits per heavy atom. The van der Waals surface area contributed by atoms with Crippen molar-refractivity contribution in [3.8, 4) is 0 Å². The zero-order valence-corrected chi connectivity index (χ0v) is 15.0. The maximum atomic E-state index is 12.1. The summed E-state index contributed by atoms with van der Waals surface area (Å²) in [5.74, 6) is 0.262. The fourth-order valence-electron chi connectivity index (χ4n) is 3.20. The van der Waals surface area contributed by atoms with Crippen LogP contribution in [0.3, 0.4) is 0 Å². The number of aliphatic hydroxyl groups excluding tert-OH is 1. The molecule has 0 aromatic heterocycles. The number of carbonyl (C=O) groups excluding carboxylic acids is 2. The van der Waals surface area contributed by atoms with Crippen LogP contribution in [0.5, 0.6) is 0 Å². The molecule has 2 rings (SSSR count). The Hall–Kier alpha value is -1.88. The number of carbonyl (C=O) groups is 2. The number of hydrogen-bond donors (Lipinski definition) is 3. The number of aliphatic hydroxyl groups is 1. The van der Waals surface area contributed by atoms with Crippen LogP contribution in [0, 0.1) is 11.3 Å². The van der Waals surface area contributed by atoms with E-state index in [0.29, 0.717) is 18.7 Å². The van der Waals surface area contributed by atoms with Crippen molar-refractivity contribution in [1.29, 1.82) is 0 Å². The zero-order chi connectivity index (χ0) is 17.9. The molecule has 1 atom stereocenters. The molecule has 1 aromatic carbocycles. The first kappa shape index (κ1) is 18.5. The first-order valence-corrected chi connectivity index (χ1v) is 8.60. The van der Waals surface area contributed by atoms with Crippen LogP contribution in [-0.4, -0.2) is 29.6 Å². The molecule has 0 radical (unpaired) electrons. The SMILES string of the molecule is CC(C)C(O)C(C)(C)CNC(=O)Nc1ccc2c(c1)C(=O)CCC2. The second-order valence-corrected chi connectivity index (χ2v) is 7.63. The van der Waals surface area contributed by atoms with Crippen molar-refractivity contribution in [3.05, 3.63) is 29.3 Å². The predicted molar refractivity (Wildman–Crippen MR) is 95.4 cm³/mol. The van der Waals surface area contributed by atoms with Gasteiger partial charge < -0.3 is 15.7 Å². The number of Topliss-reactive ketones (excluding diaryl/α,β-unsaturated/α-hetero) is 1. The quantitative estimate of drug-likeness (QED) is 0.773. The molecular formula is C19H28N2O3. The Bertz CT molecular complexity index is 623. The van der Waals surface area contributed by atoms with Gasteiger partial charge in [-0.15, -0.1) is 0 Å². The third-order valence-corrected chi connectivity index (χ3v) is 4.65. The van der Waals surface area contributed by atoms with E-state index in [4.69, 9.17) is 0 Å². The van der Waals surface area contributed by atoms with Crippen LogP contribution >= 0.6 is 0 Å². The molecule has 0 fully saturated rings. The van der Waals surface area contributed by atoms with Gasteiger partial charge in [0.25, 0.3) is 0 Å². The number of benzene rings is 1. The number of amides is 2. The maximum Gasteiger partial charge on any atom is 0.319 e. The van der Waals surface area contributed by atoms with E-state index in [0.717, 1.165) is 24.0 Å². The van der Waals surface area contributed by atoms with E-state index >= 15 is 0 Å². The molecule has 0 spiro atoms. The van der Waals surface area contributed by atoms with Crippen molar-refractivity contribution < 1.29 is 14.7 Å². The zero-order valence-electron chi connectivity index (χ0n) is 15.0. The first-order valence-electron chi connectivity index (χ1n) is 8.60. The van der Waals surface area contributed by atoms with Crippen LogP contribution in [0.25, 0.3) is 0 Å². The van der Waals surface area contributed by atoms with Crippen molar-refractivity contribution in [2.75, 3.05) is 11.9 Å². The van der Waals surface area contributed by atoms with Crippen LogP contribution in [0.2, 0.25) is 0 Å². The molecule has 0 saturated heterocycles. The molecular weight excluding hydrogens is 304 g/mol. The lowest BCUT2D eigenvalue weighted by Crippen LogP contribution is -2.44. The Kier molecular flexibility index (Phi) is 5.65. The number of nitrogens with one attached hydrogen (secondary N) is 2. The van der Waals surface area contributed by atoms with Crippen molar-refractivity contribution in [2.24, 2.45) is 11.3 Å². The van der Waals surface area contributed by atoms with Gasteiger partial charge in [0.1, 0.15) is 0 Å². The molecule has 0 bridgehead atoms. The van der Waals surface area contributed by atoms with E-state index in [1.165, 1.54) is 0 Å². The summed E-state index contributed by atoms with van der Waals surface area (Å²) >= 11 is 0. The largest absolute Gasteiger partial charge is 0.392 e. The van der Waals surface area contributed by atoms with Crippen molar-refractivity contribution >= 4 is 17.5 Å². The third-order valence-electron chi connectivity index (χ3n) is 4.65. The van der Waals surface area contributed by atoms with Gasteiger partial charge in [-0.05, 0) is 36.5 Å². The standard InChI is InChI=1S/C19H28N2O3/c1-12(2)17(23)19(3,4)11-20-18(24)21-14-9-8-13-6-5-7-16(22)15(13)10-14/h8-10,12,17,23H,5-7,11H2,1-4H3,(H2,20,21,24). The predicted octanol–water partition coefficient (Wildman–Crippen LogP) is 3.37. The highest BCUT2D eigenvalue weighted by Gasteiger charge is 2.30. The van der Waals surface area contributed by atoms with Crippen LogP contribution < -0.4 is 10.6 Å². The van der Waals surface area contributed by atoms with Gasteiger partial charge in [0.05, 0.1) is 6.10 Å². The summed E-state index contributed by atoms with van der Waals surface area (Å²) in [6, 6.07) is 5.16. The van der Waals surface area contributed by atoms with E-state index in [9.17, 15) is 14.7 Å². The minimum Gasteiger partial charge on any atom is -0.392 e. The second kappa shape index (κ2) is 7.34. The number of anilines is 1. The molecule has 0 aliphatic heterocycles. The highest BCUT2D eigenvalue weighted by atomic mass is 16.3. The summed E-state index contributed by atoms with van der Waals surface area (Å²) in [5, 5.41) is 15.8. The number of aryl methyl sites for hydroxylation is 1. The third kappa shape index (κ3) is 4.35. The van der Waals surface area contributed by atoms with Gasteiger partial charge in [0.15, 0.2) is 5.78 Å². The molecule has 2 amide bonds. The molecule has 1 unspecified atom stereocenters. The summed E-state index contributed by atoms with van der Waals surface area (Å²) < 4.78 is 0. The number of urea groups is 1. The average molecular weight is 332 g/mol. The van der Waals surface area contributed by atoms with Gasteiger partial charge in [-0.25, -0.2) is 4.79 Å². The Morgan fingerprint density at radius 2 is 2.00 bits per heavy atom. The van der Waals surface area contributed by atoms with Gasteiger partial charge in [-0.3, -0.25) is 4.79 Å². The van der Waals surface area contributed by atoms with Crippen molar-refractivity contribution in [1.82, 2.24) is 5.32 Å². The molecule has 1 aliphatic rings. The molecule has 132 valence electrons. The monoisotopic (exact) mass is 332 g/mol. The fraction of sp³-hybridized carbons (Fsp3) is 0.579. The molecule has 0 heterocycles. The normalized spacial score (nSPS) is 15.8. The van der Waals surface area contributed by atoms with Gasteiger partial charge in [-0.2, -0.15) is 0 Å². The van der Waals surface area contributed by atoms with Crippen LogP contribution in [0.1, 0.15) is 56.5 Å². The lowest BCUT2D eigenvalue weighted by Gasteiger charge is -2.33. The summed E-state index contributed by atoms with van der Waals surface area (Å²) in [6.07, 6.45) is 1.88. The Morgan fingerprint density at radius 3 is 2.67 bits per heavy atom. The van der Waals surface area contributed by atoms with Crippen LogP contribution in [0.4, 0.5) is 10.5 Å². The number of rotatable bonds is 5. The van der Waals surface area contributed by atoms with E-state index in [1.54, 1.807) is 6.07 Å². The Balaban J connectivity index is 1.96. The summed E-state index contributed by atoms with van der Waals surface area (Å²) in [7, 11) is 0. The van der Waals surface area contributed by atoms with Gasteiger partial charge in [0, 0.05) is 29.6 Å². The highest BCUT2D eigenvalue weighted by Crippen LogP contribution is 2.26. The molecule has 24 heavy (non-hydrogen) atoms. The topological polar surface area (TPSA) is 78.4 Å². The molecule has 5 heteroatoms. The molecule has 1 aromatic rings. The summed E-state index contributed by atoms with van der Waals surface area (Å²) in [6.45, 7) is 8.13. The van der Waals surface area contributed by atoms with Crippen LogP contribution in [-0.2, 0) is 6.42 Å². The smallest absolute Gasteiger partial charge is 0.319 e. The molecule has 1 aliphatic carbocycles. The van der Waals surface area contributed by atoms with E-state index in [2.05, 4.69) is 10.6 Å². The van der Waals surface area contributed by atoms with Crippen molar-refractivity contribution in [3.63, 3.8) is 0 Å². The van der Waals surface area contributed by atoms with Gasteiger partial charge >= 0.3 is 6.03 Å². The summed E-state index contributed by atoms with van der Waals surface area (Å²) in [5.41, 5.74) is 1.97. The first-order chi connectivity index (χ1) is 11.2. The summed E-state index contributed by atoms with van der Waals surface area (Å²) in [4.78, 5) is 24.1.